The number of hydrogen-bond donors (Lipinski definition) is 2. The molecular weight excluding hydrogens is 482 g/mol. The molecule has 2 fully saturated rings. The largest absolute Gasteiger partial charge is 0.444 e. The molecule has 0 aliphatic carbocycles. The standard InChI is InChI=1S/C27H40ClN3O5/c1-17(18(2)29-22(32)19-14-31(15-19)24(34)36-25(3,4)5)23(33)30-13-12-27(35,26(6,7)16-30)20-8-10-21(28)11-9-20/h8-11,17-19,35H,12-16H2,1-7H3,(H,29,32)/t17-,18?,27+/m1/s1. The molecule has 2 N–H and O–H groups in total. The number of halogens is 1. The van der Waals surface area contributed by atoms with Crippen molar-refractivity contribution < 1.29 is 24.2 Å². The molecule has 2 aliphatic rings. The van der Waals surface area contributed by atoms with Gasteiger partial charge in [-0.05, 0) is 51.8 Å². The number of rotatable bonds is 5. The van der Waals surface area contributed by atoms with Gasteiger partial charge >= 0.3 is 6.09 Å². The lowest BCUT2D eigenvalue weighted by Crippen LogP contribution is -2.60. The number of carbonyl (C=O) groups excluding carboxylic acids is 3. The Labute approximate surface area is 219 Å². The summed E-state index contributed by atoms with van der Waals surface area (Å²) >= 11 is 6.02. The zero-order valence-electron chi connectivity index (χ0n) is 22.4. The predicted molar refractivity (Wildman–Crippen MR) is 138 cm³/mol. The molecule has 0 bridgehead atoms. The van der Waals surface area contributed by atoms with Crippen LogP contribution in [0, 0.1) is 17.3 Å². The molecule has 0 spiro atoms. The number of amides is 3. The van der Waals surface area contributed by atoms with E-state index in [-0.39, 0.29) is 23.8 Å². The number of aliphatic hydroxyl groups is 1. The monoisotopic (exact) mass is 521 g/mol. The highest BCUT2D eigenvalue weighted by molar-refractivity contribution is 6.30. The maximum atomic E-state index is 13.3. The Bertz CT molecular complexity index is 984. The third kappa shape index (κ3) is 5.97. The second kappa shape index (κ2) is 10.2. The number of hydrogen-bond acceptors (Lipinski definition) is 5. The van der Waals surface area contributed by atoms with Crippen LogP contribution in [0.15, 0.2) is 24.3 Å². The van der Waals surface area contributed by atoms with Crippen LogP contribution < -0.4 is 5.32 Å². The van der Waals surface area contributed by atoms with E-state index in [9.17, 15) is 19.5 Å². The Kier molecular flexibility index (Phi) is 8.01. The number of piperidine rings is 1. The molecule has 0 saturated carbocycles. The van der Waals surface area contributed by atoms with Crippen molar-refractivity contribution in [1.29, 1.82) is 0 Å². The summed E-state index contributed by atoms with van der Waals surface area (Å²) in [7, 11) is 0. The van der Waals surface area contributed by atoms with Gasteiger partial charge in [-0.1, -0.05) is 44.5 Å². The van der Waals surface area contributed by atoms with Crippen molar-refractivity contribution >= 4 is 29.5 Å². The molecule has 9 heteroatoms. The predicted octanol–water partition coefficient (Wildman–Crippen LogP) is 3.79. The molecule has 1 aromatic carbocycles. The van der Waals surface area contributed by atoms with Crippen molar-refractivity contribution in [2.24, 2.45) is 17.3 Å². The van der Waals surface area contributed by atoms with Crippen LogP contribution in [0.25, 0.3) is 0 Å². The van der Waals surface area contributed by atoms with Crippen LogP contribution in [0.5, 0.6) is 0 Å². The van der Waals surface area contributed by atoms with Crippen molar-refractivity contribution in [3.05, 3.63) is 34.9 Å². The summed E-state index contributed by atoms with van der Waals surface area (Å²) in [5.41, 5.74) is -1.46. The van der Waals surface area contributed by atoms with Crippen LogP contribution in [-0.2, 0) is 19.9 Å². The normalized spacial score (nSPS) is 23.9. The van der Waals surface area contributed by atoms with E-state index in [0.29, 0.717) is 37.6 Å². The highest BCUT2D eigenvalue weighted by atomic mass is 35.5. The van der Waals surface area contributed by atoms with Gasteiger partial charge in [0.1, 0.15) is 5.60 Å². The van der Waals surface area contributed by atoms with Gasteiger partial charge in [-0.15, -0.1) is 0 Å². The Hall–Kier alpha value is -2.32. The fraction of sp³-hybridized carbons (Fsp3) is 0.667. The second-order valence-electron chi connectivity index (χ2n) is 11.9. The smallest absolute Gasteiger partial charge is 0.410 e. The van der Waals surface area contributed by atoms with E-state index in [0.717, 1.165) is 5.56 Å². The molecule has 3 amide bonds. The van der Waals surface area contributed by atoms with Gasteiger partial charge in [-0.3, -0.25) is 9.59 Å². The molecule has 2 aliphatic heterocycles. The van der Waals surface area contributed by atoms with E-state index in [1.54, 1.807) is 37.8 Å². The number of nitrogens with one attached hydrogen (secondary N) is 1. The maximum absolute atomic E-state index is 13.3. The van der Waals surface area contributed by atoms with E-state index in [2.05, 4.69) is 5.32 Å². The molecule has 0 aromatic heterocycles. The van der Waals surface area contributed by atoms with Gasteiger partial charge in [0.2, 0.25) is 11.8 Å². The zero-order valence-corrected chi connectivity index (χ0v) is 23.2. The SMILES string of the molecule is CC(NC(=O)C1CN(C(=O)OC(C)(C)C)C1)[C@@H](C)C(=O)N1CC[C@](O)(c2ccc(Cl)cc2)C(C)(C)C1. The van der Waals surface area contributed by atoms with Crippen molar-refractivity contribution in [3.63, 3.8) is 0 Å². The fourth-order valence-electron chi connectivity index (χ4n) is 4.86. The molecule has 3 rings (SSSR count). The number of likely N-dealkylation sites (tertiary alicyclic amines) is 2. The van der Waals surface area contributed by atoms with Gasteiger partial charge in [0.15, 0.2) is 0 Å². The topological polar surface area (TPSA) is 99.2 Å². The summed E-state index contributed by atoms with van der Waals surface area (Å²) in [6, 6.07) is 6.84. The maximum Gasteiger partial charge on any atom is 0.410 e. The first-order valence-electron chi connectivity index (χ1n) is 12.6. The van der Waals surface area contributed by atoms with Gasteiger partial charge < -0.3 is 25.0 Å². The minimum Gasteiger partial charge on any atom is -0.444 e. The third-order valence-electron chi connectivity index (χ3n) is 7.50. The summed E-state index contributed by atoms with van der Waals surface area (Å²) in [6.07, 6.45) is -0.0157. The number of nitrogens with zero attached hydrogens (tertiary/aromatic N) is 2. The molecule has 2 heterocycles. The van der Waals surface area contributed by atoms with Crippen molar-refractivity contribution in [1.82, 2.24) is 15.1 Å². The summed E-state index contributed by atoms with van der Waals surface area (Å²) in [4.78, 5) is 41.4. The van der Waals surface area contributed by atoms with Crippen LogP contribution in [0.4, 0.5) is 4.79 Å². The molecule has 200 valence electrons. The average molecular weight is 522 g/mol. The third-order valence-corrected chi connectivity index (χ3v) is 7.75. The second-order valence-corrected chi connectivity index (χ2v) is 12.4. The lowest BCUT2D eigenvalue weighted by Gasteiger charge is -2.51. The van der Waals surface area contributed by atoms with Gasteiger partial charge in [-0.2, -0.15) is 0 Å². The number of ether oxygens (including phenoxy) is 1. The molecule has 36 heavy (non-hydrogen) atoms. The first-order chi connectivity index (χ1) is 16.5. The van der Waals surface area contributed by atoms with Crippen molar-refractivity contribution in [3.8, 4) is 0 Å². The average Bonchev–Trinajstić information content (AvgIpc) is 2.72. The molecule has 8 nitrogen and oxygen atoms in total. The van der Waals surface area contributed by atoms with Gasteiger partial charge in [0, 0.05) is 42.7 Å². The first kappa shape index (κ1) is 28.3. The minimum atomic E-state index is -1.08. The minimum absolute atomic E-state index is 0.0574. The molecule has 1 aromatic rings. The molecule has 2 saturated heterocycles. The van der Waals surface area contributed by atoms with Crippen LogP contribution in [0.1, 0.15) is 60.5 Å². The summed E-state index contributed by atoms with van der Waals surface area (Å²) < 4.78 is 5.33. The highest BCUT2D eigenvalue weighted by Crippen LogP contribution is 2.46. The Morgan fingerprint density at radius 2 is 1.69 bits per heavy atom. The number of benzene rings is 1. The zero-order chi connectivity index (χ0) is 27.1. The van der Waals surface area contributed by atoms with Crippen molar-refractivity contribution in [2.45, 2.75) is 72.1 Å². The van der Waals surface area contributed by atoms with Gasteiger partial charge in [-0.25, -0.2) is 4.79 Å². The van der Waals surface area contributed by atoms with E-state index in [4.69, 9.17) is 16.3 Å². The highest BCUT2D eigenvalue weighted by Gasteiger charge is 2.50. The lowest BCUT2D eigenvalue weighted by molar-refractivity contribution is -0.157. The Balaban J connectivity index is 1.54. The van der Waals surface area contributed by atoms with Crippen LogP contribution >= 0.6 is 11.6 Å². The van der Waals surface area contributed by atoms with Crippen molar-refractivity contribution in [2.75, 3.05) is 26.2 Å². The van der Waals surface area contributed by atoms with E-state index in [1.165, 1.54) is 4.90 Å². The van der Waals surface area contributed by atoms with E-state index in [1.807, 2.05) is 39.8 Å². The summed E-state index contributed by atoms with van der Waals surface area (Å²) in [5, 5.41) is 15.1. The number of carbonyl (C=O) groups is 3. The quantitative estimate of drug-likeness (QED) is 0.614. The molecule has 1 unspecified atom stereocenters. The Morgan fingerprint density at radius 1 is 1.11 bits per heavy atom. The fourth-order valence-corrected chi connectivity index (χ4v) is 4.99. The lowest BCUT2D eigenvalue weighted by atomic mass is 9.66. The van der Waals surface area contributed by atoms with Crippen LogP contribution in [0.2, 0.25) is 5.02 Å². The van der Waals surface area contributed by atoms with Crippen LogP contribution in [-0.4, -0.2) is 70.6 Å². The van der Waals surface area contributed by atoms with E-state index >= 15 is 0 Å². The summed E-state index contributed by atoms with van der Waals surface area (Å²) in [5.74, 6) is -0.977. The molecule has 0 radical (unpaired) electrons. The van der Waals surface area contributed by atoms with Gasteiger partial charge in [0.25, 0.3) is 0 Å². The Morgan fingerprint density at radius 3 is 2.22 bits per heavy atom. The molecule has 3 atom stereocenters. The molecular formula is C27H40ClN3O5. The van der Waals surface area contributed by atoms with Crippen LogP contribution in [0.3, 0.4) is 0 Å². The van der Waals surface area contributed by atoms with Gasteiger partial charge in [0.05, 0.1) is 17.4 Å². The summed E-state index contributed by atoms with van der Waals surface area (Å²) in [6.45, 7) is 14.4. The van der Waals surface area contributed by atoms with E-state index < -0.39 is 28.6 Å². The first-order valence-corrected chi connectivity index (χ1v) is 13.0.